The van der Waals surface area contributed by atoms with Crippen molar-refractivity contribution in [2.24, 2.45) is 11.7 Å². The number of carbonyl (C=O) groups excluding carboxylic acids is 1. The van der Waals surface area contributed by atoms with Crippen LogP contribution < -0.4 is 11.2 Å². The Morgan fingerprint density at radius 1 is 1.38 bits per heavy atom. The third-order valence-electron chi connectivity index (χ3n) is 4.25. The van der Waals surface area contributed by atoms with E-state index < -0.39 is 0 Å². The molecule has 1 amide bonds. The maximum Gasteiger partial charge on any atom is 0.274 e. The SMILES string of the molecule is CC(C)[C@@H](CC(N)=S)c1ccc(C(=O)NOC2CCCCO2)cc1. The summed E-state index contributed by atoms with van der Waals surface area (Å²) in [5.41, 5.74) is 9.84. The second kappa shape index (κ2) is 9.11. The number of rotatable bonds is 7. The Morgan fingerprint density at radius 3 is 2.62 bits per heavy atom. The Balaban J connectivity index is 1.94. The largest absolute Gasteiger partial charge is 0.393 e. The molecule has 2 atom stereocenters. The maximum atomic E-state index is 12.1. The molecule has 1 aromatic carbocycles. The van der Waals surface area contributed by atoms with Crippen molar-refractivity contribution in [1.82, 2.24) is 5.48 Å². The predicted molar refractivity (Wildman–Crippen MR) is 97.6 cm³/mol. The molecular weight excluding hydrogens is 324 g/mol. The summed E-state index contributed by atoms with van der Waals surface area (Å²) in [4.78, 5) is 18.0. The Kier molecular flexibility index (Phi) is 7.15. The maximum absolute atomic E-state index is 12.1. The lowest BCUT2D eigenvalue weighted by Crippen LogP contribution is -2.33. The molecule has 132 valence electrons. The van der Waals surface area contributed by atoms with Gasteiger partial charge < -0.3 is 10.5 Å². The molecule has 24 heavy (non-hydrogen) atoms. The number of amides is 1. The zero-order valence-electron chi connectivity index (χ0n) is 14.3. The molecule has 1 heterocycles. The zero-order chi connectivity index (χ0) is 17.5. The number of nitrogens with two attached hydrogens (primary N) is 1. The van der Waals surface area contributed by atoms with Gasteiger partial charge in [-0.2, -0.15) is 0 Å². The molecule has 1 fully saturated rings. The quantitative estimate of drug-likeness (QED) is 0.583. The number of hydroxylamine groups is 1. The van der Waals surface area contributed by atoms with E-state index >= 15 is 0 Å². The molecule has 3 N–H and O–H groups in total. The van der Waals surface area contributed by atoms with Crippen LogP contribution in [0.2, 0.25) is 0 Å². The van der Waals surface area contributed by atoms with Crippen molar-refractivity contribution in [3.05, 3.63) is 35.4 Å². The summed E-state index contributed by atoms with van der Waals surface area (Å²) in [6.45, 7) is 4.96. The summed E-state index contributed by atoms with van der Waals surface area (Å²) in [6.07, 6.45) is 3.21. The lowest BCUT2D eigenvalue weighted by atomic mass is 9.85. The van der Waals surface area contributed by atoms with Crippen molar-refractivity contribution in [3.8, 4) is 0 Å². The van der Waals surface area contributed by atoms with E-state index in [9.17, 15) is 4.79 Å². The number of carbonyl (C=O) groups is 1. The molecule has 0 radical (unpaired) electrons. The fourth-order valence-corrected chi connectivity index (χ4v) is 3.00. The highest BCUT2D eigenvalue weighted by atomic mass is 32.1. The smallest absolute Gasteiger partial charge is 0.274 e. The summed E-state index contributed by atoms with van der Waals surface area (Å²) in [6, 6.07) is 7.50. The van der Waals surface area contributed by atoms with Crippen LogP contribution in [0.4, 0.5) is 0 Å². The molecule has 0 aliphatic carbocycles. The van der Waals surface area contributed by atoms with Gasteiger partial charge >= 0.3 is 0 Å². The van der Waals surface area contributed by atoms with E-state index in [0.29, 0.717) is 29.5 Å². The first kappa shape index (κ1) is 18.8. The Labute approximate surface area is 148 Å². The zero-order valence-corrected chi connectivity index (χ0v) is 15.1. The first-order chi connectivity index (χ1) is 11.5. The molecule has 1 aliphatic rings. The highest BCUT2D eigenvalue weighted by Gasteiger charge is 2.19. The lowest BCUT2D eigenvalue weighted by molar-refractivity contribution is -0.186. The number of thiocarbonyl (C=S) groups is 1. The van der Waals surface area contributed by atoms with Crippen molar-refractivity contribution in [1.29, 1.82) is 0 Å². The molecule has 1 aromatic rings. The van der Waals surface area contributed by atoms with Crippen LogP contribution >= 0.6 is 12.2 Å². The van der Waals surface area contributed by atoms with Gasteiger partial charge in [0.25, 0.3) is 5.91 Å². The number of hydrogen-bond donors (Lipinski definition) is 2. The molecule has 0 spiro atoms. The topological polar surface area (TPSA) is 73.6 Å². The molecule has 6 heteroatoms. The summed E-state index contributed by atoms with van der Waals surface area (Å²) in [7, 11) is 0. The van der Waals surface area contributed by atoms with Gasteiger partial charge in [0.15, 0.2) is 6.29 Å². The van der Waals surface area contributed by atoms with Gasteiger partial charge in [0.05, 0.1) is 4.99 Å². The Hall–Kier alpha value is -1.50. The minimum absolute atomic E-state index is 0.256. The van der Waals surface area contributed by atoms with Crippen LogP contribution in [0.5, 0.6) is 0 Å². The van der Waals surface area contributed by atoms with Crippen LogP contribution in [0, 0.1) is 5.92 Å². The van der Waals surface area contributed by atoms with Crippen LogP contribution in [0.3, 0.4) is 0 Å². The van der Waals surface area contributed by atoms with E-state index in [4.69, 9.17) is 27.5 Å². The first-order valence-corrected chi connectivity index (χ1v) is 8.84. The summed E-state index contributed by atoms with van der Waals surface area (Å²) >= 11 is 5.04. The average Bonchev–Trinajstić information content (AvgIpc) is 2.58. The molecule has 1 saturated heterocycles. The van der Waals surface area contributed by atoms with Gasteiger partial charge in [-0.15, -0.1) is 0 Å². The van der Waals surface area contributed by atoms with Crippen molar-refractivity contribution in [2.45, 2.75) is 51.7 Å². The second-order valence-electron chi connectivity index (χ2n) is 6.49. The van der Waals surface area contributed by atoms with E-state index in [0.717, 1.165) is 24.8 Å². The second-order valence-corrected chi connectivity index (χ2v) is 7.01. The molecule has 0 saturated carbocycles. The van der Waals surface area contributed by atoms with Gasteiger partial charge in [-0.1, -0.05) is 38.2 Å². The highest BCUT2D eigenvalue weighted by Crippen LogP contribution is 2.28. The third-order valence-corrected chi connectivity index (χ3v) is 4.41. The Bertz CT molecular complexity index is 554. The normalized spacial score (nSPS) is 19.0. The Morgan fingerprint density at radius 2 is 2.08 bits per heavy atom. The van der Waals surface area contributed by atoms with Crippen LogP contribution in [0.25, 0.3) is 0 Å². The number of nitrogens with one attached hydrogen (secondary N) is 1. The molecule has 2 rings (SSSR count). The average molecular weight is 350 g/mol. The van der Waals surface area contributed by atoms with Crippen molar-refractivity contribution in [3.63, 3.8) is 0 Å². The molecule has 1 aliphatic heterocycles. The molecule has 1 unspecified atom stereocenters. The van der Waals surface area contributed by atoms with Crippen LogP contribution in [0.1, 0.15) is 61.4 Å². The summed E-state index contributed by atoms with van der Waals surface area (Å²) < 4.78 is 5.42. The lowest BCUT2D eigenvalue weighted by Gasteiger charge is -2.22. The van der Waals surface area contributed by atoms with Crippen molar-refractivity contribution < 1.29 is 14.4 Å². The number of ether oxygens (including phenoxy) is 1. The molecule has 0 aromatic heterocycles. The first-order valence-electron chi connectivity index (χ1n) is 8.43. The van der Waals surface area contributed by atoms with Gasteiger partial charge in [-0.3, -0.25) is 4.79 Å². The van der Waals surface area contributed by atoms with E-state index in [-0.39, 0.29) is 18.1 Å². The monoisotopic (exact) mass is 350 g/mol. The van der Waals surface area contributed by atoms with Crippen LogP contribution in [0.15, 0.2) is 24.3 Å². The summed E-state index contributed by atoms with van der Waals surface area (Å²) in [5, 5.41) is 0. The van der Waals surface area contributed by atoms with Gasteiger partial charge in [-0.25, -0.2) is 10.3 Å². The van der Waals surface area contributed by atoms with E-state index in [2.05, 4.69) is 19.3 Å². The standard InChI is InChI=1S/C18H26N2O3S/c1-12(2)15(11-16(19)24)13-6-8-14(9-7-13)18(21)20-23-17-5-3-4-10-22-17/h6-9,12,15,17H,3-5,10-11H2,1-2H3,(H2,19,24)(H,20,21)/t15-,17?/m1/s1. The van der Waals surface area contributed by atoms with Gasteiger partial charge in [0.2, 0.25) is 0 Å². The van der Waals surface area contributed by atoms with E-state index in [1.807, 2.05) is 12.1 Å². The van der Waals surface area contributed by atoms with Gasteiger partial charge in [0.1, 0.15) is 0 Å². The minimum atomic E-state index is -0.349. The van der Waals surface area contributed by atoms with Gasteiger partial charge in [0, 0.05) is 25.0 Å². The summed E-state index contributed by atoms with van der Waals surface area (Å²) in [5.74, 6) is 0.399. The molecule has 0 bridgehead atoms. The predicted octanol–water partition coefficient (Wildman–Crippen LogP) is 3.29. The highest BCUT2D eigenvalue weighted by molar-refractivity contribution is 7.80. The van der Waals surface area contributed by atoms with Crippen molar-refractivity contribution in [2.75, 3.05) is 6.61 Å². The third kappa shape index (κ3) is 5.54. The molecule has 5 nitrogen and oxygen atoms in total. The van der Waals surface area contributed by atoms with Crippen LogP contribution in [-0.4, -0.2) is 23.8 Å². The fraction of sp³-hybridized carbons (Fsp3) is 0.556. The fourth-order valence-electron chi connectivity index (χ4n) is 2.82. The molecular formula is C18H26N2O3S. The number of hydrogen-bond acceptors (Lipinski definition) is 4. The minimum Gasteiger partial charge on any atom is -0.393 e. The van der Waals surface area contributed by atoms with Gasteiger partial charge in [-0.05, 0) is 42.4 Å². The van der Waals surface area contributed by atoms with Crippen LogP contribution in [-0.2, 0) is 9.57 Å². The number of benzene rings is 1. The van der Waals surface area contributed by atoms with Crippen molar-refractivity contribution >= 4 is 23.1 Å². The van der Waals surface area contributed by atoms with E-state index in [1.54, 1.807) is 12.1 Å². The van der Waals surface area contributed by atoms with E-state index in [1.165, 1.54) is 0 Å².